The van der Waals surface area contributed by atoms with Gasteiger partial charge in [-0.05, 0) is 49.3 Å². The summed E-state index contributed by atoms with van der Waals surface area (Å²) in [7, 11) is 0. The van der Waals surface area contributed by atoms with E-state index in [4.69, 9.17) is 0 Å². The zero-order valence-corrected chi connectivity index (χ0v) is 9.64. The van der Waals surface area contributed by atoms with Gasteiger partial charge < -0.3 is 5.32 Å². The lowest BCUT2D eigenvalue weighted by Gasteiger charge is -2.23. The molecular formula is C12H15NOS. The van der Waals surface area contributed by atoms with Gasteiger partial charge in [-0.2, -0.15) is 0 Å². The number of thiophene rings is 1. The molecule has 80 valence electrons. The van der Waals surface area contributed by atoms with Gasteiger partial charge in [0.2, 0.25) is 5.91 Å². The molecule has 15 heavy (non-hydrogen) atoms. The molecular weight excluding hydrogens is 206 g/mol. The van der Waals surface area contributed by atoms with Crippen LogP contribution in [0.2, 0.25) is 0 Å². The van der Waals surface area contributed by atoms with Crippen LogP contribution in [-0.2, 0) is 11.2 Å². The molecule has 2 nitrogen and oxygen atoms in total. The van der Waals surface area contributed by atoms with Crippen LogP contribution in [0.5, 0.6) is 0 Å². The number of nitrogens with one attached hydrogen (secondary N) is 1. The van der Waals surface area contributed by atoms with Gasteiger partial charge in [-0.1, -0.05) is 6.08 Å². The van der Waals surface area contributed by atoms with Crippen LogP contribution in [0, 0.1) is 0 Å². The Hall–Kier alpha value is -1.09. The Balaban J connectivity index is 2.09. The third-order valence-corrected chi connectivity index (χ3v) is 3.68. The molecule has 0 radical (unpaired) electrons. The molecule has 1 aromatic heterocycles. The van der Waals surface area contributed by atoms with E-state index in [1.54, 1.807) is 23.5 Å². The second-order valence-corrected chi connectivity index (χ2v) is 4.75. The standard InChI is InChI=1S/C12H15NOS/c1-2-4-12(14)13-10-5-3-6-11-9(10)7-8-15-11/h2,4,7-8,10H,3,5-6H2,1H3,(H,13,14). The molecule has 1 heterocycles. The molecule has 1 aliphatic carbocycles. The van der Waals surface area contributed by atoms with Gasteiger partial charge in [-0.15, -0.1) is 11.3 Å². The van der Waals surface area contributed by atoms with E-state index in [0.29, 0.717) is 0 Å². The number of fused-ring (bicyclic) bond motifs is 1. The molecule has 1 aromatic rings. The van der Waals surface area contributed by atoms with Crippen LogP contribution in [0.3, 0.4) is 0 Å². The van der Waals surface area contributed by atoms with Crippen LogP contribution in [0.4, 0.5) is 0 Å². The van der Waals surface area contributed by atoms with Crippen LogP contribution in [0.1, 0.15) is 36.2 Å². The van der Waals surface area contributed by atoms with E-state index < -0.39 is 0 Å². The van der Waals surface area contributed by atoms with Crippen molar-refractivity contribution in [3.05, 3.63) is 34.0 Å². The third kappa shape index (κ3) is 2.29. The maximum absolute atomic E-state index is 11.4. The average molecular weight is 221 g/mol. The van der Waals surface area contributed by atoms with Gasteiger partial charge in [0.05, 0.1) is 6.04 Å². The molecule has 1 atom stereocenters. The summed E-state index contributed by atoms with van der Waals surface area (Å²) in [6.07, 6.45) is 6.76. The maximum Gasteiger partial charge on any atom is 0.244 e. The zero-order chi connectivity index (χ0) is 10.7. The Bertz CT molecular complexity index is 381. The van der Waals surface area contributed by atoms with Crippen LogP contribution in [0.25, 0.3) is 0 Å². The summed E-state index contributed by atoms with van der Waals surface area (Å²) in [6.45, 7) is 1.86. The third-order valence-electron chi connectivity index (χ3n) is 2.69. The van der Waals surface area contributed by atoms with Crippen molar-refractivity contribution in [2.75, 3.05) is 0 Å². The molecule has 1 unspecified atom stereocenters. The average Bonchev–Trinajstić information content (AvgIpc) is 2.67. The molecule has 0 spiro atoms. The normalized spacial score (nSPS) is 20.2. The van der Waals surface area contributed by atoms with Gasteiger partial charge >= 0.3 is 0 Å². The summed E-state index contributed by atoms with van der Waals surface area (Å²) >= 11 is 1.80. The van der Waals surface area contributed by atoms with Crippen LogP contribution in [-0.4, -0.2) is 5.91 Å². The Kier molecular flexibility index (Phi) is 3.21. The first kappa shape index (κ1) is 10.4. The molecule has 2 rings (SSSR count). The van der Waals surface area contributed by atoms with E-state index in [1.165, 1.54) is 23.3 Å². The van der Waals surface area contributed by atoms with E-state index in [1.807, 2.05) is 6.92 Å². The van der Waals surface area contributed by atoms with Gasteiger partial charge in [0.15, 0.2) is 0 Å². The van der Waals surface area contributed by atoms with E-state index in [0.717, 1.165) is 6.42 Å². The molecule has 1 N–H and O–H groups in total. The fourth-order valence-electron chi connectivity index (χ4n) is 2.01. The van der Waals surface area contributed by atoms with Crippen molar-refractivity contribution in [2.24, 2.45) is 0 Å². The first-order valence-electron chi connectivity index (χ1n) is 5.30. The number of aryl methyl sites for hydroxylation is 1. The van der Waals surface area contributed by atoms with Crippen molar-refractivity contribution in [1.29, 1.82) is 0 Å². The molecule has 0 saturated heterocycles. The number of rotatable bonds is 2. The molecule has 0 saturated carbocycles. The summed E-state index contributed by atoms with van der Waals surface area (Å²) in [4.78, 5) is 12.9. The number of hydrogen-bond donors (Lipinski definition) is 1. The number of carbonyl (C=O) groups excluding carboxylic acids is 1. The van der Waals surface area contributed by atoms with E-state index in [9.17, 15) is 4.79 Å². The minimum atomic E-state index is 0.0153. The van der Waals surface area contributed by atoms with E-state index in [-0.39, 0.29) is 11.9 Å². The monoisotopic (exact) mass is 221 g/mol. The smallest absolute Gasteiger partial charge is 0.244 e. The highest BCUT2D eigenvalue weighted by Gasteiger charge is 2.21. The molecule has 3 heteroatoms. The first-order chi connectivity index (χ1) is 7.31. The van der Waals surface area contributed by atoms with E-state index in [2.05, 4.69) is 16.8 Å². The van der Waals surface area contributed by atoms with Crippen molar-refractivity contribution in [1.82, 2.24) is 5.32 Å². The summed E-state index contributed by atoms with van der Waals surface area (Å²) in [5, 5.41) is 5.16. The minimum absolute atomic E-state index is 0.0153. The van der Waals surface area contributed by atoms with Gasteiger partial charge in [-0.25, -0.2) is 0 Å². The van der Waals surface area contributed by atoms with Crippen LogP contribution >= 0.6 is 11.3 Å². The second-order valence-electron chi connectivity index (χ2n) is 3.75. The highest BCUT2D eigenvalue weighted by molar-refractivity contribution is 7.10. The van der Waals surface area contributed by atoms with Gasteiger partial charge in [0, 0.05) is 4.88 Å². The zero-order valence-electron chi connectivity index (χ0n) is 8.82. The first-order valence-corrected chi connectivity index (χ1v) is 6.18. The predicted molar refractivity (Wildman–Crippen MR) is 63.0 cm³/mol. The lowest BCUT2D eigenvalue weighted by molar-refractivity contribution is -0.117. The maximum atomic E-state index is 11.4. The summed E-state index contributed by atoms with van der Waals surface area (Å²) in [5.41, 5.74) is 1.32. The fraction of sp³-hybridized carbons (Fsp3) is 0.417. The Morgan fingerprint density at radius 1 is 1.67 bits per heavy atom. The minimum Gasteiger partial charge on any atom is -0.346 e. The fourth-order valence-corrected chi connectivity index (χ4v) is 3.00. The highest BCUT2D eigenvalue weighted by atomic mass is 32.1. The highest BCUT2D eigenvalue weighted by Crippen LogP contribution is 2.33. The summed E-state index contributed by atoms with van der Waals surface area (Å²) in [5.74, 6) is 0.0153. The molecule has 0 bridgehead atoms. The number of carbonyl (C=O) groups is 1. The van der Waals surface area contributed by atoms with Gasteiger partial charge in [0.25, 0.3) is 0 Å². The number of allylic oxidation sites excluding steroid dienone is 1. The summed E-state index contributed by atoms with van der Waals surface area (Å²) in [6, 6.07) is 2.36. The van der Waals surface area contributed by atoms with Crippen molar-refractivity contribution in [3.63, 3.8) is 0 Å². The van der Waals surface area contributed by atoms with Crippen molar-refractivity contribution >= 4 is 17.2 Å². The number of hydrogen-bond acceptors (Lipinski definition) is 2. The molecule has 0 fully saturated rings. The van der Waals surface area contributed by atoms with Crippen LogP contribution < -0.4 is 5.32 Å². The quantitative estimate of drug-likeness (QED) is 0.764. The largest absolute Gasteiger partial charge is 0.346 e. The van der Waals surface area contributed by atoms with Crippen molar-refractivity contribution in [2.45, 2.75) is 32.2 Å². The lowest BCUT2D eigenvalue weighted by Crippen LogP contribution is -2.28. The van der Waals surface area contributed by atoms with Gasteiger partial charge in [0.1, 0.15) is 0 Å². The van der Waals surface area contributed by atoms with Crippen molar-refractivity contribution in [3.8, 4) is 0 Å². The Labute approximate surface area is 94.0 Å². The predicted octanol–water partition coefficient (Wildman–Crippen LogP) is 2.82. The topological polar surface area (TPSA) is 29.1 Å². The SMILES string of the molecule is CC=CC(=O)NC1CCCc2sccc21. The van der Waals surface area contributed by atoms with E-state index >= 15 is 0 Å². The second kappa shape index (κ2) is 4.62. The number of amides is 1. The Morgan fingerprint density at radius 3 is 3.33 bits per heavy atom. The van der Waals surface area contributed by atoms with Crippen molar-refractivity contribution < 1.29 is 4.79 Å². The van der Waals surface area contributed by atoms with Gasteiger partial charge in [-0.3, -0.25) is 4.79 Å². The van der Waals surface area contributed by atoms with Crippen LogP contribution in [0.15, 0.2) is 23.6 Å². The molecule has 1 aliphatic rings. The summed E-state index contributed by atoms with van der Waals surface area (Å²) < 4.78 is 0. The molecule has 1 amide bonds. The Morgan fingerprint density at radius 2 is 2.53 bits per heavy atom. The molecule has 0 aromatic carbocycles. The lowest BCUT2D eigenvalue weighted by atomic mass is 9.94. The molecule has 0 aliphatic heterocycles.